The first kappa shape index (κ1) is 14.4. The number of nitrogens with zero attached hydrogens (tertiary/aromatic N) is 1. The molecule has 0 spiro atoms. The number of hydrogen-bond donors (Lipinski definition) is 1. The minimum atomic E-state index is -0.403. The zero-order valence-electron chi connectivity index (χ0n) is 10.4. The first-order chi connectivity index (χ1) is 9.04. The molecule has 1 atom stereocenters. The van der Waals surface area contributed by atoms with Crippen LogP contribution in [-0.2, 0) is 9.59 Å². The average Bonchev–Trinajstić information content (AvgIpc) is 2.65. The Bertz CT molecular complexity index is 521. The van der Waals surface area contributed by atoms with E-state index in [0.29, 0.717) is 16.5 Å². The average molecular weight is 300 g/mol. The predicted octanol–water partition coefficient (Wildman–Crippen LogP) is 2.01. The Labute approximate surface area is 120 Å². The number of halogens is 1. The second-order valence-corrected chi connectivity index (χ2v) is 6.01. The molecule has 1 aromatic rings. The van der Waals surface area contributed by atoms with E-state index >= 15 is 0 Å². The number of carbonyl (C=O) groups excluding carboxylic acids is 2. The van der Waals surface area contributed by atoms with Crippen LogP contribution in [0, 0.1) is 6.92 Å². The van der Waals surface area contributed by atoms with Gasteiger partial charge in [0, 0.05) is 17.2 Å². The lowest BCUT2D eigenvalue weighted by atomic mass is 10.2. The summed E-state index contributed by atoms with van der Waals surface area (Å²) in [5, 5.41) is 8.91. The standard InChI is InChI=1S/C13H14ClNO3S/c1-8-2-3-9(6-10(8)14)15-12(17)7-11(13(15)18)19-5-4-16/h2-3,6,11,16H,4-5,7H2,1H3/t11-/m1/s1. The Kier molecular flexibility index (Phi) is 4.50. The third-order valence-corrected chi connectivity index (χ3v) is 4.53. The van der Waals surface area contributed by atoms with Crippen molar-refractivity contribution in [2.75, 3.05) is 17.3 Å². The van der Waals surface area contributed by atoms with Crippen LogP contribution in [0.3, 0.4) is 0 Å². The molecule has 0 aliphatic carbocycles. The number of benzene rings is 1. The fraction of sp³-hybridized carbons (Fsp3) is 0.385. The molecule has 1 heterocycles. The van der Waals surface area contributed by atoms with Crippen molar-refractivity contribution in [1.29, 1.82) is 0 Å². The summed E-state index contributed by atoms with van der Waals surface area (Å²) in [7, 11) is 0. The van der Waals surface area contributed by atoms with Crippen molar-refractivity contribution in [1.82, 2.24) is 0 Å². The molecule has 4 nitrogen and oxygen atoms in total. The van der Waals surface area contributed by atoms with Crippen LogP contribution in [0.1, 0.15) is 12.0 Å². The van der Waals surface area contributed by atoms with Crippen molar-refractivity contribution in [3.05, 3.63) is 28.8 Å². The van der Waals surface area contributed by atoms with E-state index in [1.807, 2.05) is 6.92 Å². The third kappa shape index (κ3) is 2.94. The summed E-state index contributed by atoms with van der Waals surface area (Å²) in [6.45, 7) is 1.86. The van der Waals surface area contributed by atoms with E-state index in [1.165, 1.54) is 16.7 Å². The zero-order valence-corrected chi connectivity index (χ0v) is 12.0. The molecule has 2 amide bonds. The molecular formula is C13H14ClNO3S. The monoisotopic (exact) mass is 299 g/mol. The number of aliphatic hydroxyl groups excluding tert-OH is 1. The lowest BCUT2D eigenvalue weighted by Crippen LogP contribution is -2.31. The number of rotatable bonds is 4. The number of hydrogen-bond acceptors (Lipinski definition) is 4. The molecule has 1 saturated heterocycles. The highest BCUT2D eigenvalue weighted by Crippen LogP contribution is 2.31. The summed E-state index contributed by atoms with van der Waals surface area (Å²) in [5.74, 6) is -0.00430. The summed E-state index contributed by atoms with van der Waals surface area (Å²) in [6.07, 6.45) is 0.176. The third-order valence-electron chi connectivity index (χ3n) is 2.93. The van der Waals surface area contributed by atoms with E-state index in [-0.39, 0.29) is 24.8 Å². The molecule has 102 valence electrons. The highest BCUT2D eigenvalue weighted by molar-refractivity contribution is 8.00. The molecule has 1 aliphatic heterocycles. The highest BCUT2D eigenvalue weighted by Gasteiger charge is 2.39. The molecule has 1 aromatic carbocycles. The lowest BCUT2D eigenvalue weighted by molar-refractivity contribution is -0.121. The number of amides is 2. The van der Waals surface area contributed by atoms with Crippen LogP contribution in [0.25, 0.3) is 0 Å². The maximum Gasteiger partial charge on any atom is 0.247 e. The van der Waals surface area contributed by atoms with Crippen LogP contribution in [0.5, 0.6) is 0 Å². The molecule has 0 saturated carbocycles. The number of aliphatic hydroxyl groups is 1. The SMILES string of the molecule is Cc1ccc(N2C(=O)C[C@@H](SCCO)C2=O)cc1Cl. The highest BCUT2D eigenvalue weighted by atomic mass is 35.5. The van der Waals surface area contributed by atoms with Crippen LogP contribution in [-0.4, -0.2) is 34.5 Å². The van der Waals surface area contributed by atoms with Gasteiger partial charge in [-0.05, 0) is 24.6 Å². The fourth-order valence-corrected chi connectivity index (χ4v) is 2.99. The van der Waals surface area contributed by atoms with E-state index in [9.17, 15) is 9.59 Å². The van der Waals surface area contributed by atoms with E-state index < -0.39 is 5.25 Å². The Balaban J connectivity index is 2.22. The van der Waals surface area contributed by atoms with Crippen LogP contribution in [0.15, 0.2) is 18.2 Å². The van der Waals surface area contributed by atoms with E-state index in [2.05, 4.69) is 0 Å². The van der Waals surface area contributed by atoms with Gasteiger partial charge in [-0.3, -0.25) is 9.59 Å². The van der Waals surface area contributed by atoms with Crippen molar-refractivity contribution >= 4 is 40.9 Å². The number of imide groups is 1. The zero-order chi connectivity index (χ0) is 14.0. The van der Waals surface area contributed by atoms with Crippen molar-refractivity contribution in [3.8, 4) is 0 Å². The number of anilines is 1. The van der Waals surface area contributed by atoms with E-state index in [4.69, 9.17) is 16.7 Å². The van der Waals surface area contributed by atoms with Gasteiger partial charge < -0.3 is 5.11 Å². The van der Waals surface area contributed by atoms with Gasteiger partial charge in [0.1, 0.15) is 0 Å². The number of aryl methyl sites for hydroxylation is 1. The van der Waals surface area contributed by atoms with Gasteiger partial charge in [-0.25, -0.2) is 4.90 Å². The Hall–Kier alpha value is -1.04. The van der Waals surface area contributed by atoms with Crippen LogP contribution >= 0.6 is 23.4 Å². The molecule has 1 N–H and O–H groups in total. The maximum absolute atomic E-state index is 12.2. The number of thioether (sulfide) groups is 1. The minimum Gasteiger partial charge on any atom is -0.396 e. The van der Waals surface area contributed by atoms with Crippen molar-refractivity contribution < 1.29 is 14.7 Å². The molecule has 1 fully saturated rings. The normalized spacial score (nSPS) is 19.3. The summed E-state index contributed by atoms with van der Waals surface area (Å²) in [6, 6.07) is 5.13. The first-order valence-corrected chi connectivity index (χ1v) is 7.32. The Morgan fingerprint density at radius 3 is 2.84 bits per heavy atom. The quantitative estimate of drug-likeness (QED) is 0.864. The van der Waals surface area contributed by atoms with E-state index in [0.717, 1.165) is 5.56 Å². The maximum atomic E-state index is 12.2. The second kappa shape index (κ2) is 5.94. The molecule has 0 unspecified atom stereocenters. The molecule has 6 heteroatoms. The van der Waals surface area contributed by atoms with Crippen molar-refractivity contribution in [2.24, 2.45) is 0 Å². The van der Waals surface area contributed by atoms with Gasteiger partial charge in [-0.2, -0.15) is 0 Å². The molecule has 0 bridgehead atoms. The minimum absolute atomic E-state index is 0.000995. The smallest absolute Gasteiger partial charge is 0.247 e. The van der Waals surface area contributed by atoms with E-state index in [1.54, 1.807) is 18.2 Å². The molecule has 19 heavy (non-hydrogen) atoms. The summed E-state index contributed by atoms with van der Waals surface area (Å²) >= 11 is 7.33. The van der Waals surface area contributed by atoms with Crippen molar-refractivity contribution in [3.63, 3.8) is 0 Å². The Morgan fingerprint density at radius 2 is 2.21 bits per heavy atom. The van der Waals surface area contributed by atoms with Gasteiger partial charge in [0.05, 0.1) is 17.5 Å². The van der Waals surface area contributed by atoms with Gasteiger partial charge >= 0.3 is 0 Å². The van der Waals surface area contributed by atoms with Gasteiger partial charge in [0.2, 0.25) is 11.8 Å². The van der Waals surface area contributed by atoms with Gasteiger partial charge in [0.15, 0.2) is 0 Å². The lowest BCUT2D eigenvalue weighted by Gasteiger charge is -2.15. The molecule has 0 radical (unpaired) electrons. The molecular weight excluding hydrogens is 286 g/mol. The fourth-order valence-electron chi connectivity index (χ4n) is 1.92. The van der Waals surface area contributed by atoms with Gasteiger partial charge in [-0.1, -0.05) is 17.7 Å². The van der Waals surface area contributed by atoms with Gasteiger partial charge in [-0.15, -0.1) is 11.8 Å². The molecule has 0 aromatic heterocycles. The number of carbonyl (C=O) groups is 2. The van der Waals surface area contributed by atoms with Crippen LogP contribution in [0.4, 0.5) is 5.69 Å². The topological polar surface area (TPSA) is 57.6 Å². The van der Waals surface area contributed by atoms with Gasteiger partial charge in [0.25, 0.3) is 0 Å². The summed E-state index contributed by atoms with van der Waals surface area (Å²) in [4.78, 5) is 25.3. The molecule has 2 rings (SSSR count). The largest absolute Gasteiger partial charge is 0.396 e. The Morgan fingerprint density at radius 1 is 1.47 bits per heavy atom. The van der Waals surface area contributed by atoms with Crippen LogP contribution in [0.2, 0.25) is 5.02 Å². The first-order valence-electron chi connectivity index (χ1n) is 5.90. The van der Waals surface area contributed by atoms with Crippen molar-refractivity contribution in [2.45, 2.75) is 18.6 Å². The summed E-state index contributed by atoms with van der Waals surface area (Å²) < 4.78 is 0. The molecule has 1 aliphatic rings. The summed E-state index contributed by atoms with van der Waals surface area (Å²) in [5.41, 5.74) is 1.41. The predicted molar refractivity (Wildman–Crippen MR) is 76.6 cm³/mol. The van der Waals surface area contributed by atoms with Crippen LogP contribution < -0.4 is 4.90 Å². The second-order valence-electron chi connectivity index (χ2n) is 4.29.